The maximum atomic E-state index is 11.8. The van der Waals surface area contributed by atoms with Crippen LogP contribution >= 0.6 is 0 Å². The summed E-state index contributed by atoms with van der Waals surface area (Å²) in [6.45, 7) is 5.02. The summed E-state index contributed by atoms with van der Waals surface area (Å²) in [5.74, 6) is 0.0850. The van der Waals surface area contributed by atoms with E-state index in [1.54, 1.807) is 0 Å². The molecule has 4 heteroatoms. The van der Waals surface area contributed by atoms with Gasteiger partial charge >= 0.3 is 0 Å². The van der Waals surface area contributed by atoms with Crippen LogP contribution < -0.4 is 10.7 Å². The van der Waals surface area contributed by atoms with Crippen molar-refractivity contribution in [2.45, 2.75) is 39.2 Å². The van der Waals surface area contributed by atoms with Crippen LogP contribution in [0.1, 0.15) is 30.7 Å². The van der Waals surface area contributed by atoms with Gasteiger partial charge in [-0.3, -0.25) is 14.9 Å². The Hall–Kier alpha value is -1.29. The first-order valence-electron chi connectivity index (χ1n) is 5.85. The van der Waals surface area contributed by atoms with Gasteiger partial charge in [-0.05, 0) is 45.4 Å². The summed E-state index contributed by atoms with van der Waals surface area (Å²) in [7, 11) is 0. The van der Waals surface area contributed by atoms with E-state index in [1.165, 1.54) is 6.42 Å². The molecule has 1 unspecified atom stereocenters. The SMILES string of the molecule is Cc1ccc(C)n1NC(=O)CC1CCCN1. The molecule has 0 bridgehead atoms. The summed E-state index contributed by atoms with van der Waals surface area (Å²) in [6, 6.07) is 4.36. The van der Waals surface area contributed by atoms with Gasteiger partial charge in [-0.25, -0.2) is 0 Å². The van der Waals surface area contributed by atoms with Crippen LogP contribution in [-0.2, 0) is 4.79 Å². The maximum Gasteiger partial charge on any atom is 0.240 e. The minimum atomic E-state index is 0.0850. The second kappa shape index (κ2) is 4.70. The van der Waals surface area contributed by atoms with Crippen LogP contribution in [0.15, 0.2) is 12.1 Å². The topological polar surface area (TPSA) is 46.1 Å². The number of carbonyl (C=O) groups is 1. The molecule has 88 valence electrons. The van der Waals surface area contributed by atoms with Crippen LogP contribution in [0.5, 0.6) is 0 Å². The Balaban J connectivity index is 1.91. The first kappa shape index (κ1) is 11.2. The fourth-order valence-corrected chi connectivity index (χ4v) is 2.17. The summed E-state index contributed by atoms with van der Waals surface area (Å²) < 4.78 is 1.84. The van der Waals surface area contributed by atoms with E-state index < -0.39 is 0 Å². The summed E-state index contributed by atoms with van der Waals surface area (Å²) >= 11 is 0. The number of nitrogens with one attached hydrogen (secondary N) is 2. The predicted octanol–water partition coefficient (Wildman–Crippen LogP) is 1.32. The van der Waals surface area contributed by atoms with E-state index in [2.05, 4.69) is 10.7 Å². The number of hydrogen-bond donors (Lipinski definition) is 2. The largest absolute Gasteiger partial charge is 0.313 e. The van der Waals surface area contributed by atoms with Crippen LogP contribution in [0, 0.1) is 13.8 Å². The molecule has 1 atom stereocenters. The molecule has 1 aromatic rings. The number of nitrogens with zero attached hydrogens (tertiary/aromatic N) is 1. The van der Waals surface area contributed by atoms with E-state index in [-0.39, 0.29) is 5.91 Å². The van der Waals surface area contributed by atoms with E-state index in [4.69, 9.17) is 0 Å². The molecule has 4 nitrogen and oxygen atoms in total. The van der Waals surface area contributed by atoms with Crippen LogP contribution in [0.2, 0.25) is 0 Å². The Morgan fingerprint density at radius 1 is 1.50 bits per heavy atom. The number of rotatable bonds is 3. The third-order valence-corrected chi connectivity index (χ3v) is 3.10. The fraction of sp³-hybridized carbons (Fsp3) is 0.583. The zero-order valence-corrected chi connectivity index (χ0v) is 9.92. The monoisotopic (exact) mass is 221 g/mol. The van der Waals surface area contributed by atoms with Crippen molar-refractivity contribution in [2.24, 2.45) is 0 Å². The predicted molar refractivity (Wildman–Crippen MR) is 63.9 cm³/mol. The second-order valence-electron chi connectivity index (χ2n) is 4.48. The highest BCUT2D eigenvalue weighted by Gasteiger charge is 2.18. The van der Waals surface area contributed by atoms with Crippen molar-refractivity contribution < 1.29 is 4.79 Å². The van der Waals surface area contributed by atoms with Gasteiger partial charge in [-0.2, -0.15) is 0 Å². The molecule has 2 heterocycles. The molecule has 16 heavy (non-hydrogen) atoms. The zero-order chi connectivity index (χ0) is 11.5. The highest BCUT2D eigenvalue weighted by molar-refractivity contribution is 5.84. The van der Waals surface area contributed by atoms with Crippen LogP contribution in [0.3, 0.4) is 0 Å². The Kier molecular flexibility index (Phi) is 3.29. The Bertz CT molecular complexity index is 358. The van der Waals surface area contributed by atoms with Gasteiger partial charge in [0.2, 0.25) is 5.91 Å². The summed E-state index contributed by atoms with van der Waals surface area (Å²) in [5.41, 5.74) is 5.04. The minimum absolute atomic E-state index is 0.0850. The molecular formula is C12H19N3O. The number of aromatic nitrogens is 1. The number of hydrogen-bond acceptors (Lipinski definition) is 2. The molecule has 0 saturated carbocycles. The fourth-order valence-electron chi connectivity index (χ4n) is 2.17. The van der Waals surface area contributed by atoms with Crippen molar-refractivity contribution in [1.29, 1.82) is 0 Å². The average molecular weight is 221 g/mol. The molecule has 2 N–H and O–H groups in total. The van der Waals surface area contributed by atoms with Gasteiger partial charge in [-0.15, -0.1) is 0 Å². The van der Waals surface area contributed by atoms with Gasteiger partial charge < -0.3 is 5.32 Å². The molecule has 1 aliphatic rings. The van der Waals surface area contributed by atoms with Gasteiger partial charge in [0.1, 0.15) is 0 Å². The molecule has 0 radical (unpaired) electrons. The molecule has 1 saturated heterocycles. The summed E-state index contributed by atoms with van der Waals surface area (Å²) in [6.07, 6.45) is 2.85. The summed E-state index contributed by atoms with van der Waals surface area (Å²) in [5, 5.41) is 3.33. The van der Waals surface area contributed by atoms with Crippen LogP contribution in [0.4, 0.5) is 0 Å². The molecule has 2 rings (SSSR count). The molecule has 0 spiro atoms. The first-order chi connectivity index (χ1) is 7.66. The van der Waals surface area contributed by atoms with Crippen LogP contribution in [0.25, 0.3) is 0 Å². The van der Waals surface area contributed by atoms with E-state index in [0.29, 0.717) is 12.5 Å². The van der Waals surface area contributed by atoms with Gasteiger partial charge in [0.25, 0.3) is 0 Å². The van der Waals surface area contributed by atoms with E-state index in [9.17, 15) is 4.79 Å². The Morgan fingerprint density at radius 3 is 2.75 bits per heavy atom. The smallest absolute Gasteiger partial charge is 0.240 e. The highest BCUT2D eigenvalue weighted by atomic mass is 16.2. The maximum absolute atomic E-state index is 11.8. The lowest BCUT2D eigenvalue weighted by atomic mass is 10.1. The zero-order valence-electron chi connectivity index (χ0n) is 9.92. The average Bonchev–Trinajstić information content (AvgIpc) is 2.83. The van der Waals surface area contributed by atoms with Crippen molar-refractivity contribution in [1.82, 2.24) is 9.99 Å². The standard InChI is InChI=1S/C12H19N3O/c1-9-5-6-10(2)15(9)14-12(16)8-11-4-3-7-13-11/h5-6,11,13H,3-4,7-8H2,1-2H3,(H,14,16). The van der Waals surface area contributed by atoms with Crippen molar-refractivity contribution in [3.05, 3.63) is 23.5 Å². The number of aryl methyl sites for hydroxylation is 2. The molecule has 1 fully saturated rings. The molecule has 0 aliphatic carbocycles. The lowest BCUT2D eigenvalue weighted by molar-refractivity contribution is -0.117. The van der Waals surface area contributed by atoms with Gasteiger partial charge in [-0.1, -0.05) is 0 Å². The van der Waals surface area contributed by atoms with Gasteiger partial charge in [0.15, 0.2) is 0 Å². The lowest BCUT2D eigenvalue weighted by Crippen LogP contribution is -2.31. The van der Waals surface area contributed by atoms with Crippen molar-refractivity contribution in [3.8, 4) is 0 Å². The van der Waals surface area contributed by atoms with Gasteiger partial charge in [0.05, 0.1) is 0 Å². The van der Waals surface area contributed by atoms with E-state index in [1.807, 2.05) is 30.7 Å². The third-order valence-electron chi connectivity index (χ3n) is 3.10. The Labute approximate surface area is 96.0 Å². The van der Waals surface area contributed by atoms with Crippen molar-refractivity contribution in [2.75, 3.05) is 12.0 Å². The molecular weight excluding hydrogens is 202 g/mol. The number of amides is 1. The van der Waals surface area contributed by atoms with Crippen molar-refractivity contribution >= 4 is 5.91 Å². The van der Waals surface area contributed by atoms with Crippen LogP contribution in [-0.4, -0.2) is 23.2 Å². The van der Waals surface area contributed by atoms with Crippen molar-refractivity contribution in [3.63, 3.8) is 0 Å². The number of carbonyl (C=O) groups excluding carboxylic acids is 1. The molecule has 1 aliphatic heterocycles. The normalized spacial score (nSPS) is 20.0. The summed E-state index contributed by atoms with van der Waals surface area (Å²) in [4.78, 5) is 11.8. The lowest BCUT2D eigenvalue weighted by Gasteiger charge is -2.13. The molecule has 1 aromatic heterocycles. The van der Waals surface area contributed by atoms with E-state index >= 15 is 0 Å². The third kappa shape index (κ3) is 2.44. The first-order valence-corrected chi connectivity index (χ1v) is 5.85. The van der Waals surface area contributed by atoms with E-state index in [0.717, 1.165) is 24.4 Å². The molecule has 1 amide bonds. The minimum Gasteiger partial charge on any atom is -0.313 e. The van der Waals surface area contributed by atoms with Gasteiger partial charge in [0, 0.05) is 23.9 Å². The molecule has 0 aromatic carbocycles. The quantitative estimate of drug-likeness (QED) is 0.808. The highest BCUT2D eigenvalue weighted by Crippen LogP contribution is 2.09. The second-order valence-corrected chi connectivity index (χ2v) is 4.48. The Morgan fingerprint density at radius 2 is 2.19 bits per heavy atom.